The molecule has 28 heavy (non-hydrogen) atoms. The highest BCUT2D eigenvalue weighted by Crippen LogP contribution is 2.17. The largest absolute Gasteiger partial charge is 0.494 e. The Morgan fingerprint density at radius 2 is 1.93 bits per heavy atom. The van der Waals surface area contributed by atoms with Crippen LogP contribution >= 0.6 is 0 Å². The van der Waals surface area contributed by atoms with Gasteiger partial charge in [0.05, 0.1) is 12.3 Å². The highest BCUT2D eigenvalue weighted by atomic mass is 16.5. The third kappa shape index (κ3) is 4.64. The minimum Gasteiger partial charge on any atom is -0.494 e. The number of hydrogen-bond acceptors (Lipinski definition) is 5. The average Bonchev–Trinajstić information content (AvgIpc) is 3.02. The molecule has 3 aromatic rings. The molecule has 0 bridgehead atoms. The second-order valence-electron chi connectivity index (χ2n) is 6.47. The molecule has 0 spiro atoms. The number of carbonyl (C=O) groups excluding carboxylic acids is 1. The number of nitrogens with one attached hydrogen (secondary N) is 2. The number of aromatic amines is 1. The highest BCUT2D eigenvalue weighted by Gasteiger charge is 2.14. The van der Waals surface area contributed by atoms with E-state index in [-0.39, 0.29) is 17.4 Å². The van der Waals surface area contributed by atoms with Crippen LogP contribution in [0.3, 0.4) is 0 Å². The lowest BCUT2D eigenvalue weighted by molar-refractivity contribution is 0.102. The number of aromatic nitrogens is 4. The van der Waals surface area contributed by atoms with E-state index in [0.29, 0.717) is 29.4 Å². The number of benzene rings is 1. The molecule has 2 N–H and O–H groups in total. The molecule has 2 aromatic heterocycles. The summed E-state index contributed by atoms with van der Waals surface area (Å²) in [6.45, 7) is 6.27. The minimum absolute atomic E-state index is 0.244. The third-order valence-corrected chi connectivity index (χ3v) is 4.01. The fraction of sp³-hybridized carbons (Fsp3) is 0.300. The van der Waals surface area contributed by atoms with Gasteiger partial charge in [0.1, 0.15) is 11.6 Å². The van der Waals surface area contributed by atoms with Crippen LogP contribution in [0, 0.1) is 13.8 Å². The second-order valence-corrected chi connectivity index (χ2v) is 6.47. The molecule has 1 aromatic carbocycles. The summed E-state index contributed by atoms with van der Waals surface area (Å²) >= 11 is 0. The van der Waals surface area contributed by atoms with Crippen molar-refractivity contribution in [2.75, 3.05) is 11.9 Å². The van der Waals surface area contributed by atoms with Crippen molar-refractivity contribution in [3.63, 3.8) is 0 Å². The zero-order valence-electron chi connectivity index (χ0n) is 16.2. The predicted molar refractivity (Wildman–Crippen MR) is 106 cm³/mol. The maximum absolute atomic E-state index is 12.6. The number of amides is 1. The van der Waals surface area contributed by atoms with Crippen molar-refractivity contribution in [1.29, 1.82) is 0 Å². The number of H-pyrrole nitrogens is 1. The van der Waals surface area contributed by atoms with Crippen molar-refractivity contribution in [2.45, 2.75) is 33.6 Å². The van der Waals surface area contributed by atoms with E-state index in [1.165, 1.54) is 10.7 Å². The zero-order valence-corrected chi connectivity index (χ0v) is 16.2. The Balaban J connectivity index is 1.78. The van der Waals surface area contributed by atoms with Crippen LogP contribution in [0.25, 0.3) is 5.95 Å². The lowest BCUT2D eigenvalue weighted by atomic mass is 10.2. The molecule has 2 heterocycles. The smallest absolute Gasteiger partial charge is 0.256 e. The van der Waals surface area contributed by atoms with E-state index in [0.717, 1.165) is 18.6 Å². The van der Waals surface area contributed by atoms with Gasteiger partial charge in [-0.1, -0.05) is 13.3 Å². The van der Waals surface area contributed by atoms with Crippen LogP contribution < -0.4 is 15.6 Å². The summed E-state index contributed by atoms with van der Waals surface area (Å²) < 4.78 is 7.02. The monoisotopic (exact) mass is 381 g/mol. The summed E-state index contributed by atoms with van der Waals surface area (Å²) in [4.78, 5) is 31.3. The number of ether oxygens (including phenoxy) is 1. The second kappa shape index (κ2) is 8.51. The topological polar surface area (TPSA) is 102 Å². The van der Waals surface area contributed by atoms with Gasteiger partial charge in [0.25, 0.3) is 11.5 Å². The molecule has 0 aliphatic rings. The molecule has 0 saturated carbocycles. The van der Waals surface area contributed by atoms with Gasteiger partial charge < -0.3 is 10.1 Å². The van der Waals surface area contributed by atoms with Crippen LogP contribution in [0.1, 0.15) is 41.5 Å². The maximum atomic E-state index is 12.6. The van der Waals surface area contributed by atoms with Gasteiger partial charge in [0.15, 0.2) is 0 Å². The number of nitrogens with zero attached hydrogens (tertiary/aromatic N) is 3. The fourth-order valence-corrected chi connectivity index (χ4v) is 2.64. The van der Waals surface area contributed by atoms with Gasteiger partial charge in [-0.3, -0.25) is 14.6 Å². The quantitative estimate of drug-likeness (QED) is 0.613. The Kier molecular flexibility index (Phi) is 5.88. The molecule has 0 saturated heterocycles. The Hall–Kier alpha value is -3.42. The van der Waals surface area contributed by atoms with Crippen molar-refractivity contribution in [3.8, 4) is 11.7 Å². The van der Waals surface area contributed by atoms with Gasteiger partial charge in [-0.15, -0.1) is 0 Å². The summed E-state index contributed by atoms with van der Waals surface area (Å²) in [5.41, 5.74) is 1.44. The molecule has 1 amide bonds. The average molecular weight is 381 g/mol. The van der Waals surface area contributed by atoms with E-state index in [2.05, 4.69) is 27.3 Å². The molecule has 0 unspecified atom stereocenters. The van der Waals surface area contributed by atoms with Gasteiger partial charge >= 0.3 is 0 Å². The first kappa shape index (κ1) is 19.3. The molecule has 0 radical (unpaired) electrons. The Morgan fingerprint density at radius 1 is 1.18 bits per heavy atom. The summed E-state index contributed by atoms with van der Waals surface area (Å²) in [6.07, 6.45) is 2.05. The van der Waals surface area contributed by atoms with Gasteiger partial charge in [-0.2, -0.15) is 9.78 Å². The number of carbonyl (C=O) groups is 1. The van der Waals surface area contributed by atoms with Gasteiger partial charge in [-0.05, 0) is 44.5 Å². The molecule has 0 aliphatic heterocycles. The van der Waals surface area contributed by atoms with Crippen LogP contribution in [0.4, 0.5) is 5.82 Å². The Bertz CT molecular complexity index is 1020. The summed E-state index contributed by atoms with van der Waals surface area (Å²) in [5.74, 6) is 1.09. The van der Waals surface area contributed by atoms with Crippen molar-refractivity contribution < 1.29 is 9.53 Å². The van der Waals surface area contributed by atoms with Crippen molar-refractivity contribution in [2.24, 2.45) is 0 Å². The summed E-state index contributed by atoms with van der Waals surface area (Å²) in [5, 5.41) is 7.13. The molecule has 3 rings (SSSR count). The number of rotatable bonds is 7. The third-order valence-electron chi connectivity index (χ3n) is 4.01. The number of hydrogen-bond donors (Lipinski definition) is 2. The molecular weight excluding hydrogens is 358 g/mol. The first-order valence-electron chi connectivity index (χ1n) is 9.15. The Morgan fingerprint density at radius 3 is 2.61 bits per heavy atom. The van der Waals surface area contributed by atoms with E-state index in [1.54, 1.807) is 44.2 Å². The van der Waals surface area contributed by atoms with Crippen LogP contribution in [-0.4, -0.2) is 32.3 Å². The van der Waals surface area contributed by atoms with Crippen molar-refractivity contribution in [1.82, 2.24) is 19.7 Å². The maximum Gasteiger partial charge on any atom is 0.256 e. The van der Waals surface area contributed by atoms with Crippen LogP contribution in [0.5, 0.6) is 5.75 Å². The minimum atomic E-state index is -0.295. The van der Waals surface area contributed by atoms with Gasteiger partial charge in [0.2, 0.25) is 5.95 Å². The highest BCUT2D eigenvalue weighted by molar-refractivity contribution is 6.04. The SMILES string of the molecule is CCCCOc1ccc(C(=O)Nc2cc(C)nn2-c2nc(C)cc(=O)[nH]2)cc1. The van der Waals surface area contributed by atoms with E-state index in [9.17, 15) is 9.59 Å². The lowest BCUT2D eigenvalue weighted by Gasteiger charge is -2.09. The molecule has 8 nitrogen and oxygen atoms in total. The standard InChI is InChI=1S/C20H23N5O3/c1-4-5-10-28-16-8-6-15(7-9-16)19(27)22-17-11-14(3)24-25(17)20-21-13(2)12-18(26)23-20/h6-9,11-12H,4-5,10H2,1-3H3,(H,22,27)(H,21,23,26). The van der Waals surface area contributed by atoms with Crippen LogP contribution in [0.15, 0.2) is 41.2 Å². The first-order valence-corrected chi connectivity index (χ1v) is 9.15. The Labute approximate surface area is 162 Å². The van der Waals surface area contributed by atoms with E-state index in [1.807, 2.05) is 0 Å². The molecule has 8 heteroatoms. The van der Waals surface area contributed by atoms with Crippen LogP contribution in [-0.2, 0) is 0 Å². The van der Waals surface area contributed by atoms with E-state index < -0.39 is 0 Å². The van der Waals surface area contributed by atoms with Crippen molar-refractivity contribution in [3.05, 3.63) is 63.7 Å². The fourth-order valence-electron chi connectivity index (χ4n) is 2.64. The van der Waals surface area contributed by atoms with Crippen LogP contribution in [0.2, 0.25) is 0 Å². The first-order chi connectivity index (χ1) is 13.5. The lowest BCUT2D eigenvalue weighted by Crippen LogP contribution is -2.18. The van der Waals surface area contributed by atoms with Gasteiger partial charge in [0, 0.05) is 23.4 Å². The number of anilines is 1. The van der Waals surface area contributed by atoms with E-state index in [4.69, 9.17) is 4.74 Å². The molecular formula is C20H23N5O3. The molecule has 0 fully saturated rings. The molecule has 146 valence electrons. The van der Waals surface area contributed by atoms with Gasteiger partial charge in [-0.25, -0.2) is 4.98 Å². The van der Waals surface area contributed by atoms with Crippen molar-refractivity contribution >= 4 is 11.7 Å². The number of unbranched alkanes of at least 4 members (excludes halogenated alkanes) is 1. The normalized spacial score (nSPS) is 10.7. The molecule has 0 atom stereocenters. The number of aryl methyl sites for hydroxylation is 2. The van der Waals surface area contributed by atoms with E-state index >= 15 is 0 Å². The summed E-state index contributed by atoms with van der Waals surface area (Å²) in [6, 6.07) is 10.1. The molecule has 0 aliphatic carbocycles. The predicted octanol–water partition coefficient (Wildman–Crippen LogP) is 3.00. The zero-order chi connectivity index (χ0) is 20.1. The summed E-state index contributed by atoms with van der Waals surface area (Å²) in [7, 11) is 0.